The number of hydrogen-bond acceptors (Lipinski definition) is 4. The number of carbonyl (C=O) groups is 1. The number of aryl methyl sites for hydroxylation is 1. The van der Waals surface area contributed by atoms with Crippen molar-refractivity contribution in [2.45, 2.75) is 32.5 Å². The highest BCUT2D eigenvalue weighted by Crippen LogP contribution is 2.33. The normalized spacial score (nSPS) is 20.4. The molecule has 0 bridgehead atoms. The molecular formula is C18H24N4O2. The molecule has 0 aliphatic carbocycles. The lowest BCUT2D eigenvalue weighted by Gasteiger charge is -2.18. The molecular weight excluding hydrogens is 304 g/mol. The molecule has 1 aromatic heterocycles. The van der Waals surface area contributed by atoms with Gasteiger partial charge in [-0.3, -0.25) is 9.48 Å². The third kappa shape index (κ3) is 3.83. The average Bonchev–Trinajstić information content (AvgIpc) is 3.23. The average molecular weight is 328 g/mol. The second-order valence-electron chi connectivity index (χ2n) is 6.17. The second kappa shape index (κ2) is 7.59. The molecule has 6 heteroatoms. The maximum Gasteiger partial charge on any atom is 0.248 e. The Bertz CT molecular complexity index is 698. The monoisotopic (exact) mass is 328 g/mol. The molecule has 1 aliphatic rings. The SMILES string of the molecule is CCn1cc([C@@H]2OCC[C@@H]2CNCc2cccc(C(N)=O)c2)cn1. The molecule has 0 unspecified atom stereocenters. The lowest BCUT2D eigenvalue weighted by molar-refractivity contribution is 0.0904. The van der Waals surface area contributed by atoms with Gasteiger partial charge < -0.3 is 15.8 Å². The zero-order valence-corrected chi connectivity index (χ0v) is 13.9. The third-order valence-electron chi connectivity index (χ3n) is 4.47. The quantitative estimate of drug-likeness (QED) is 0.813. The molecule has 1 aliphatic heterocycles. The minimum atomic E-state index is -0.394. The molecule has 1 saturated heterocycles. The van der Waals surface area contributed by atoms with Gasteiger partial charge in [0.05, 0.1) is 12.3 Å². The largest absolute Gasteiger partial charge is 0.373 e. The van der Waals surface area contributed by atoms with Crippen molar-refractivity contribution in [1.29, 1.82) is 0 Å². The summed E-state index contributed by atoms with van der Waals surface area (Å²) in [4.78, 5) is 11.2. The number of nitrogens with two attached hydrogens (primary N) is 1. The Morgan fingerprint density at radius 2 is 2.38 bits per heavy atom. The third-order valence-corrected chi connectivity index (χ3v) is 4.47. The van der Waals surface area contributed by atoms with Gasteiger partial charge in [0, 0.05) is 49.5 Å². The van der Waals surface area contributed by atoms with Crippen LogP contribution >= 0.6 is 0 Å². The fourth-order valence-corrected chi connectivity index (χ4v) is 3.15. The van der Waals surface area contributed by atoms with Gasteiger partial charge >= 0.3 is 0 Å². The minimum absolute atomic E-state index is 0.106. The summed E-state index contributed by atoms with van der Waals surface area (Å²) in [6, 6.07) is 7.42. The van der Waals surface area contributed by atoms with E-state index in [1.165, 1.54) is 0 Å². The summed E-state index contributed by atoms with van der Waals surface area (Å²) in [5, 5.41) is 7.81. The van der Waals surface area contributed by atoms with Gasteiger partial charge in [0.2, 0.25) is 5.91 Å². The van der Waals surface area contributed by atoms with E-state index in [0.717, 1.165) is 37.2 Å². The number of hydrogen-bond donors (Lipinski definition) is 2. The van der Waals surface area contributed by atoms with E-state index in [1.54, 1.807) is 6.07 Å². The number of rotatable bonds is 7. The fraction of sp³-hybridized carbons (Fsp3) is 0.444. The van der Waals surface area contributed by atoms with Gasteiger partial charge in [0.15, 0.2) is 0 Å². The molecule has 6 nitrogen and oxygen atoms in total. The molecule has 1 aromatic carbocycles. The van der Waals surface area contributed by atoms with Crippen LogP contribution in [0.1, 0.15) is 40.9 Å². The molecule has 3 rings (SSSR count). The van der Waals surface area contributed by atoms with E-state index in [2.05, 4.69) is 23.5 Å². The van der Waals surface area contributed by atoms with E-state index in [1.807, 2.05) is 29.1 Å². The van der Waals surface area contributed by atoms with Crippen LogP contribution in [-0.2, 0) is 17.8 Å². The van der Waals surface area contributed by atoms with Crippen molar-refractivity contribution >= 4 is 5.91 Å². The van der Waals surface area contributed by atoms with Crippen LogP contribution in [0.4, 0.5) is 0 Å². The Morgan fingerprint density at radius 3 is 3.12 bits per heavy atom. The summed E-state index contributed by atoms with van der Waals surface area (Å²) in [5.74, 6) is 0.0351. The predicted octanol–water partition coefficient (Wildman–Crippen LogP) is 1.87. The van der Waals surface area contributed by atoms with Crippen molar-refractivity contribution in [3.05, 3.63) is 53.3 Å². The zero-order chi connectivity index (χ0) is 16.9. The number of nitrogens with zero attached hydrogens (tertiary/aromatic N) is 2. The Balaban J connectivity index is 1.56. The predicted molar refractivity (Wildman–Crippen MR) is 91.4 cm³/mol. The molecule has 0 saturated carbocycles. The van der Waals surface area contributed by atoms with Gasteiger partial charge in [-0.25, -0.2) is 0 Å². The van der Waals surface area contributed by atoms with Crippen molar-refractivity contribution in [2.75, 3.05) is 13.2 Å². The van der Waals surface area contributed by atoms with Crippen LogP contribution in [0.15, 0.2) is 36.7 Å². The molecule has 24 heavy (non-hydrogen) atoms. The molecule has 2 heterocycles. The Kier molecular flexibility index (Phi) is 5.27. The Labute approximate surface area is 142 Å². The van der Waals surface area contributed by atoms with E-state index in [0.29, 0.717) is 18.0 Å². The van der Waals surface area contributed by atoms with Crippen LogP contribution in [0.5, 0.6) is 0 Å². The fourth-order valence-electron chi connectivity index (χ4n) is 3.15. The summed E-state index contributed by atoms with van der Waals surface area (Å²) in [6.07, 6.45) is 5.12. The van der Waals surface area contributed by atoms with Crippen molar-refractivity contribution in [1.82, 2.24) is 15.1 Å². The first-order valence-corrected chi connectivity index (χ1v) is 8.40. The van der Waals surface area contributed by atoms with E-state index >= 15 is 0 Å². The van der Waals surface area contributed by atoms with Gasteiger partial charge in [-0.1, -0.05) is 12.1 Å². The molecule has 0 spiro atoms. The second-order valence-corrected chi connectivity index (χ2v) is 6.17. The van der Waals surface area contributed by atoms with Crippen LogP contribution in [0.2, 0.25) is 0 Å². The maximum absolute atomic E-state index is 11.2. The lowest BCUT2D eigenvalue weighted by Crippen LogP contribution is -2.24. The van der Waals surface area contributed by atoms with E-state index in [4.69, 9.17) is 10.5 Å². The summed E-state index contributed by atoms with van der Waals surface area (Å²) in [6.45, 7) is 5.30. The molecule has 1 fully saturated rings. The van der Waals surface area contributed by atoms with Crippen molar-refractivity contribution in [3.8, 4) is 0 Å². The van der Waals surface area contributed by atoms with Gasteiger partial charge in [0.1, 0.15) is 0 Å². The highest BCUT2D eigenvalue weighted by Gasteiger charge is 2.30. The van der Waals surface area contributed by atoms with Crippen LogP contribution in [0.25, 0.3) is 0 Å². The van der Waals surface area contributed by atoms with Gasteiger partial charge in [-0.05, 0) is 31.0 Å². The Hall–Kier alpha value is -2.18. The van der Waals surface area contributed by atoms with Crippen molar-refractivity contribution < 1.29 is 9.53 Å². The summed E-state index contributed by atoms with van der Waals surface area (Å²) < 4.78 is 7.84. The minimum Gasteiger partial charge on any atom is -0.373 e. The topological polar surface area (TPSA) is 82.2 Å². The molecule has 2 atom stereocenters. The van der Waals surface area contributed by atoms with Crippen LogP contribution in [-0.4, -0.2) is 28.8 Å². The number of ether oxygens (including phenoxy) is 1. The zero-order valence-electron chi connectivity index (χ0n) is 13.9. The first-order chi connectivity index (χ1) is 11.7. The van der Waals surface area contributed by atoms with Gasteiger partial charge in [-0.2, -0.15) is 5.10 Å². The van der Waals surface area contributed by atoms with E-state index in [-0.39, 0.29) is 6.10 Å². The van der Waals surface area contributed by atoms with Crippen molar-refractivity contribution in [3.63, 3.8) is 0 Å². The summed E-state index contributed by atoms with van der Waals surface area (Å²) in [7, 11) is 0. The molecule has 2 aromatic rings. The molecule has 0 radical (unpaired) electrons. The number of amides is 1. The van der Waals surface area contributed by atoms with Crippen LogP contribution < -0.4 is 11.1 Å². The molecule has 3 N–H and O–H groups in total. The first-order valence-electron chi connectivity index (χ1n) is 8.40. The van der Waals surface area contributed by atoms with E-state index < -0.39 is 5.91 Å². The van der Waals surface area contributed by atoms with Crippen LogP contribution in [0.3, 0.4) is 0 Å². The standard InChI is InChI=1S/C18H24N4O2/c1-2-22-12-16(11-21-22)17-15(6-7-24-17)10-20-9-13-4-3-5-14(8-13)18(19)23/h3-5,8,11-12,15,17,20H,2,6-7,9-10H2,1H3,(H2,19,23)/t15-,17-/m1/s1. The van der Waals surface area contributed by atoms with Crippen LogP contribution in [0, 0.1) is 5.92 Å². The first kappa shape index (κ1) is 16.7. The molecule has 128 valence electrons. The number of benzene rings is 1. The maximum atomic E-state index is 11.2. The number of nitrogens with one attached hydrogen (secondary N) is 1. The van der Waals surface area contributed by atoms with Gasteiger partial charge in [0.25, 0.3) is 0 Å². The smallest absolute Gasteiger partial charge is 0.248 e. The highest BCUT2D eigenvalue weighted by atomic mass is 16.5. The van der Waals surface area contributed by atoms with Crippen molar-refractivity contribution in [2.24, 2.45) is 11.7 Å². The highest BCUT2D eigenvalue weighted by molar-refractivity contribution is 5.92. The number of primary amides is 1. The number of aromatic nitrogens is 2. The van der Waals surface area contributed by atoms with Gasteiger partial charge in [-0.15, -0.1) is 0 Å². The van der Waals surface area contributed by atoms with E-state index in [9.17, 15) is 4.79 Å². The summed E-state index contributed by atoms with van der Waals surface area (Å²) >= 11 is 0. The molecule has 1 amide bonds. The summed E-state index contributed by atoms with van der Waals surface area (Å²) in [5.41, 5.74) is 8.07. The number of carbonyl (C=O) groups excluding carboxylic acids is 1. The Morgan fingerprint density at radius 1 is 1.50 bits per heavy atom. The lowest BCUT2D eigenvalue weighted by atomic mass is 9.97.